The number of anilines is 2. The molecule has 1 aliphatic rings. The van der Waals surface area contributed by atoms with Gasteiger partial charge in [0.25, 0.3) is 0 Å². The third-order valence-corrected chi connectivity index (χ3v) is 6.45. The summed E-state index contributed by atoms with van der Waals surface area (Å²) in [5, 5.41) is 0.589. The molecule has 3 heterocycles. The fourth-order valence-electron chi connectivity index (χ4n) is 3.61. The molecule has 0 saturated carbocycles. The zero-order chi connectivity index (χ0) is 23.7. The van der Waals surface area contributed by atoms with Crippen molar-refractivity contribution in [2.45, 2.75) is 26.0 Å². The Bertz CT molecular complexity index is 1200. The lowest BCUT2D eigenvalue weighted by atomic mass is 10.1. The van der Waals surface area contributed by atoms with E-state index in [9.17, 15) is 13.6 Å². The Labute approximate surface area is 192 Å². The number of nitrogens with one attached hydrogen (secondary N) is 1. The summed E-state index contributed by atoms with van der Waals surface area (Å²) in [5.74, 6) is 3.59. The Morgan fingerprint density at radius 2 is 2.09 bits per heavy atom. The SMILES string of the molecule is Cc1nc(COC(=O)N2CCC(N)C2)sc1-c1cccc(-c2cc(F)c(NN)c(N)c2F)n1. The van der Waals surface area contributed by atoms with Crippen molar-refractivity contribution in [2.24, 2.45) is 11.6 Å². The average Bonchev–Trinajstić information content (AvgIpc) is 3.40. The lowest BCUT2D eigenvalue weighted by Gasteiger charge is -2.14. The summed E-state index contributed by atoms with van der Waals surface area (Å²) >= 11 is 1.31. The minimum absolute atomic E-state index is 0.0136. The largest absolute Gasteiger partial charge is 0.442 e. The van der Waals surface area contributed by atoms with Gasteiger partial charge < -0.3 is 26.5 Å². The van der Waals surface area contributed by atoms with Crippen LogP contribution in [0.1, 0.15) is 17.1 Å². The number of nitrogens with zero attached hydrogens (tertiary/aromatic N) is 3. The molecule has 1 aromatic carbocycles. The Morgan fingerprint density at radius 3 is 2.79 bits per heavy atom. The number of hydrogen-bond donors (Lipinski definition) is 4. The van der Waals surface area contributed by atoms with Crippen LogP contribution in [0.25, 0.3) is 21.8 Å². The molecular formula is C21H23F2N7O2S. The average molecular weight is 476 g/mol. The van der Waals surface area contributed by atoms with E-state index in [1.165, 1.54) is 11.3 Å². The molecule has 1 aliphatic heterocycles. The number of hydrazine groups is 1. The number of carbonyl (C=O) groups excluding carboxylic acids is 1. The lowest BCUT2D eigenvalue weighted by Crippen LogP contribution is -2.32. The number of amides is 1. The van der Waals surface area contributed by atoms with E-state index in [2.05, 4.69) is 15.4 Å². The summed E-state index contributed by atoms with van der Waals surface area (Å²) in [4.78, 5) is 23.4. The number of carbonyl (C=O) groups is 1. The summed E-state index contributed by atoms with van der Waals surface area (Å²) in [6.45, 7) is 2.86. The Hall–Kier alpha value is -3.35. The van der Waals surface area contributed by atoms with Crippen molar-refractivity contribution in [3.05, 3.63) is 46.6 Å². The lowest BCUT2D eigenvalue weighted by molar-refractivity contribution is 0.104. The Balaban J connectivity index is 1.56. The summed E-state index contributed by atoms with van der Waals surface area (Å²) in [7, 11) is 0. The molecule has 4 rings (SSSR count). The number of pyridine rings is 1. The van der Waals surface area contributed by atoms with Gasteiger partial charge in [-0.2, -0.15) is 0 Å². The molecule has 3 aromatic rings. The highest BCUT2D eigenvalue weighted by Gasteiger charge is 2.25. The number of ether oxygens (including phenoxy) is 1. The normalized spacial score (nSPS) is 15.7. The van der Waals surface area contributed by atoms with E-state index in [4.69, 9.17) is 22.0 Å². The van der Waals surface area contributed by atoms with Crippen LogP contribution < -0.4 is 22.7 Å². The van der Waals surface area contributed by atoms with Crippen LogP contribution in [-0.4, -0.2) is 40.1 Å². The van der Waals surface area contributed by atoms with Gasteiger partial charge >= 0.3 is 6.09 Å². The highest BCUT2D eigenvalue weighted by atomic mass is 32.1. The molecule has 2 aromatic heterocycles. The third kappa shape index (κ3) is 4.58. The number of rotatable bonds is 5. The first-order valence-corrected chi connectivity index (χ1v) is 11.0. The van der Waals surface area contributed by atoms with Crippen LogP contribution in [0.4, 0.5) is 25.0 Å². The molecule has 1 amide bonds. The van der Waals surface area contributed by atoms with Gasteiger partial charge in [-0.25, -0.2) is 23.5 Å². The molecule has 0 aliphatic carbocycles. The van der Waals surface area contributed by atoms with Gasteiger partial charge in [0.05, 0.1) is 27.6 Å². The molecule has 0 radical (unpaired) electrons. The molecule has 9 nitrogen and oxygen atoms in total. The number of nitrogens with two attached hydrogens (primary N) is 3. The minimum Gasteiger partial charge on any atom is -0.442 e. The number of benzene rings is 1. The first kappa shape index (κ1) is 22.8. The van der Waals surface area contributed by atoms with Crippen molar-refractivity contribution in [3.63, 3.8) is 0 Å². The molecule has 0 bridgehead atoms. The third-order valence-electron chi connectivity index (χ3n) is 5.30. The fraction of sp³-hybridized carbons (Fsp3) is 0.286. The smallest absolute Gasteiger partial charge is 0.410 e. The summed E-state index contributed by atoms with van der Waals surface area (Å²) in [6.07, 6.45) is 0.321. The molecule has 174 valence electrons. The molecule has 1 atom stereocenters. The first-order chi connectivity index (χ1) is 15.8. The number of thiazole rings is 1. The van der Waals surface area contributed by atoms with Gasteiger partial charge in [0.2, 0.25) is 0 Å². The van der Waals surface area contributed by atoms with Gasteiger partial charge in [0.15, 0.2) is 11.6 Å². The molecular weight excluding hydrogens is 452 g/mol. The monoisotopic (exact) mass is 475 g/mol. The van der Waals surface area contributed by atoms with Crippen LogP contribution in [0.5, 0.6) is 0 Å². The van der Waals surface area contributed by atoms with E-state index in [-0.39, 0.29) is 29.6 Å². The number of nitrogen functional groups attached to an aromatic ring is 2. The quantitative estimate of drug-likeness (QED) is 0.250. The first-order valence-electron chi connectivity index (χ1n) is 10.1. The Morgan fingerprint density at radius 1 is 1.33 bits per heavy atom. The van der Waals surface area contributed by atoms with Crippen molar-refractivity contribution in [2.75, 3.05) is 24.2 Å². The van der Waals surface area contributed by atoms with Crippen molar-refractivity contribution in [1.82, 2.24) is 14.9 Å². The summed E-state index contributed by atoms with van der Waals surface area (Å²) in [6, 6.07) is 5.92. The van der Waals surface area contributed by atoms with Gasteiger partial charge in [0.1, 0.15) is 17.3 Å². The van der Waals surface area contributed by atoms with Gasteiger partial charge in [-0.15, -0.1) is 11.3 Å². The van der Waals surface area contributed by atoms with E-state index in [1.807, 2.05) is 0 Å². The van der Waals surface area contributed by atoms with Crippen LogP contribution in [0.2, 0.25) is 0 Å². The second-order valence-electron chi connectivity index (χ2n) is 7.63. The number of likely N-dealkylation sites (tertiary alicyclic amines) is 1. The molecule has 1 saturated heterocycles. The van der Waals surface area contributed by atoms with Gasteiger partial charge in [0, 0.05) is 24.7 Å². The zero-order valence-electron chi connectivity index (χ0n) is 17.8. The second kappa shape index (κ2) is 9.25. The summed E-state index contributed by atoms with van der Waals surface area (Å²) in [5.41, 5.74) is 14.1. The van der Waals surface area contributed by atoms with Crippen molar-refractivity contribution >= 4 is 28.8 Å². The topological polar surface area (TPSA) is 145 Å². The van der Waals surface area contributed by atoms with Crippen LogP contribution in [0.3, 0.4) is 0 Å². The Kier molecular flexibility index (Phi) is 6.40. The molecule has 12 heteroatoms. The van der Waals surface area contributed by atoms with Crippen molar-refractivity contribution < 1.29 is 18.3 Å². The number of aromatic nitrogens is 2. The second-order valence-corrected chi connectivity index (χ2v) is 8.72. The molecule has 7 N–H and O–H groups in total. The van der Waals surface area contributed by atoms with Gasteiger partial charge in [-0.3, -0.25) is 5.84 Å². The van der Waals surface area contributed by atoms with Gasteiger partial charge in [-0.05, 0) is 31.5 Å². The highest BCUT2D eigenvalue weighted by Crippen LogP contribution is 2.35. The number of halogens is 2. The predicted octanol–water partition coefficient (Wildman–Crippen LogP) is 3.00. The zero-order valence-corrected chi connectivity index (χ0v) is 18.6. The van der Waals surface area contributed by atoms with Crippen molar-refractivity contribution in [1.29, 1.82) is 0 Å². The van der Waals surface area contributed by atoms with E-state index in [1.54, 1.807) is 30.0 Å². The number of hydrogen-bond acceptors (Lipinski definition) is 9. The maximum absolute atomic E-state index is 14.8. The van der Waals surface area contributed by atoms with Crippen LogP contribution in [0.15, 0.2) is 24.3 Å². The van der Waals surface area contributed by atoms with Crippen LogP contribution in [-0.2, 0) is 11.3 Å². The fourth-order valence-corrected chi connectivity index (χ4v) is 4.56. The van der Waals surface area contributed by atoms with Crippen molar-refractivity contribution in [3.8, 4) is 21.8 Å². The predicted molar refractivity (Wildman–Crippen MR) is 122 cm³/mol. The van der Waals surface area contributed by atoms with E-state index in [0.29, 0.717) is 29.5 Å². The van der Waals surface area contributed by atoms with E-state index >= 15 is 0 Å². The van der Waals surface area contributed by atoms with Crippen LogP contribution in [0, 0.1) is 18.6 Å². The maximum atomic E-state index is 14.8. The molecule has 1 unspecified atom stereocenters. The molecule has 1 fully saturated rings. The highest BCUT2D eigenvalue weighted by molar-refractivity contribution is 7.15. The van der Waals surface area contributed by atoms with Gasteiger partial charge in [-0.1, -0.05) is 6.07 Å². The molecule has 33 heavy (non-hydrogen) atoms. The maximum Gasteiger partial charge on any atom is 0.410 e. The standard InChI is InChI=1S/C21H23F2N7O2S/c1-10-20(33-16(27-10)9-32-21(31)30-6-5-11(24)8-30)15-4-2-3-14(28-15)12-7-13(22)19(29-26)18(25)17(12)23/h2-4,7,11,29H,5-6,8-9,24-26H2,1H3. The minimum atomic E-state index is -0.829. The van der Waals surface area contributed by atoms with E-state index in [0.717, 1.165) is 17.4 Å². The van der Waals surface area contributed by atoms with E-state index < -0.39 is 23.4 Å². The molecule has 0 spiro atoms. The van der Waals surface area contributed by atoms with Crippen LogP contribution >= 0.6 is 11.3 Å². The number of aryl methyl sites for hydroxylation is 1. The summed E-state index contributed by atoms with van der Waals surface area (Å²) < 4.78 is 34.4.